The van der Waals surface area contributed by atoms with Crippen molar-refractivity contribution in [3.63, 3.8) is 0 Å². The summed E-state index contributed by atoms with van der Waals surface area (Å²) in [7, 11) is -1.68. The van der Waals surface area contributed by atoms with Crippen molar-refractivity contribution >= 4 is 8.32 Å². The molecule has 0 aromatic heterocycles. The van der Waals surface area contributed by atoms with Crippen LogP contribution in [0.5, 0.6) is 0 Å². The first-order valence-corrected chi connectivity index (χ1v) is 9.52. The first-order chi connectivity index (χ1) is 8.24. The number of aliphatic hydroxyl groups excluding tert-OH is 1. The minimum Gasteiger partial charge on any atom is -0.417 e. The third kappa shape index (κ3) is 4.23. The fraction of sp³-hybridized carbons (Fsp3) is 0.600. The third-order valence-electron chi connectivity index (χ3n) is 3.84. The molecule has 1 atom stereocenters. The molecule has 0 amide bonds. The Morgan fingerprint density at radius 1 is 1.17 bits per heavy atom. The largest absolute Gasteiger partial charge is 0.417 e. The lowest BCUT2D eigenvalue weighted by molar-refractivity contribution is 0.136. The van der Waals surface area contributed by atoms with Gasteiger partial charge in [0.05, 0.1) is 6.10 Å². The Labute approximate surface area is 112 Å². The fourth-order valence-electron chi connectivity index (χ4n) is 1.48. The van der Waals surface area contributed by atoms with Crippen LogP contribution in [-0.2, 0) is 4.43 Å². The van der Waals surface area contributed by atoms with E-state index >= 15 is 0 Å². The number of benzene rings is 1. The zero-order valence-corrected chi connectivity index (χ0v) is 13.2. The number of hydrogen-bond donors (Lipinski definition) is 1. The molecule has 0 spiro atoms. The van der Waals surface area contributed by atoms with Crippen LogP contribution in [0.3, 0.4) is 0 Å². The van der Waals surface area contributed by atoms with Gasteiger partial charge in [-0.05, 0) is 30.1 Å². The van der Waals surface area contributed by atoms with Crippen LogP contribution in [0.1, 0.15) is 38.9 Å². The van der Waals surface area contributed by atoms with Crippen LogP contribution >= 0.6 is 0 Å². The van der Waals surface area contributed by atoms with Crippen molar-refractivity contribution in [1.29, 1.82) is 0 Å². The lowest BCUT2D eigenvalue weighted by Gasteiger charge is -2.36. The van der Waals surface area contributed by atoms with E-state index in [2.05, 4.69) is 33.9 Å². The molecule has 0 radical (unpaired) electrons. The van der Waals surface area contributed by atoms with Crippen LogP contribution in [0.25, 0.3) is 0 Å². The lowest BCUT2D eigenvalue weighted by Crippen LogP contribution is -2.41. The van der Waals surface area contributed by atoms with Gasteiger partial charge in [0.15, 0.2) is 8.32 Å². The van der Waals surface area contributed by atoms with Crippen LogP contribution in [0.15, 0.2) is 30.3 Å². The van der Waals surface area contributed by atoms with Crippen LogP contribution in [0.4, 0.5) is 0 Å². The summed E-state index contributed by atoms with van der Waals surface area (Å²) < 4.78 is 6.06. The Bertz CT molecular complexity index is 355. The van der Waals surface area contributed by atoms with Gasteiger partial charge < -0.3 is 9.53 Å². The summed E-state index contributed by atoms with van der Waals surface area (Å²) in [6.07, 6.45) is 0.243. The highest BCUT2D eigenvalue weighted by atomic mass is 28.4. The molecular weight excluding hydrogens is 240 g/mol. The molecule has 1 rings (SSSR count). The van der Waals surface area contributed by atoms with E-state index in [4.69, 9.17) is 4.43 Å². The zero-order chi connectivity index (χ0) is 13.8. The van der Waals surface area contributed by atoms with E-state index in [1.54, 1.807) is 0 Å². The summed E-state index contributed by atoms with van der Waals surface area (Å²) >= 11 is 0. The Balaban J connectivity index is 2.43. The molecular formula is C15H26O2Si. The third-order valence-corrected chi connectivity index (χ3v) is 8.38. The van der Waals surface area contributed by atoms with Crippen LogP contribution in [-0.4, -0.2) is 20.0 Å². The van der Waals surface area contributed by atoms with E-state index in [0.717, 1.165) is 5.56 Å². The van der Waals surface area contributed by atoms with E-state index < -0.39 is 14.4 Å². The molecule has 0 heterocycles. The minimum absolute atomic E-state index is 0.227. The molecule has 1 unspecified atom stereocenters. The summed E-state index contributed by atoms with van der Waals surface area (Å²) in [4.78, 5) is 0. The normalized spacial score (nSPS) is 14.6. The van der Waals surface area contributed by atoms with Gasteiger partial charge in [-0.1, -0.05) is 51.1 Å². The van der Waals surface area contributed by atoms with Crippen molar-refractivity contribution in [2.75, 3.05) is 6.61 Å². The average molecular weight is 266 g/mol. The highest BCUT2D eigenvalue weighted by molar-refractivity contribution is 6.74. The maximum atomic E-state index is 10.1. The fourth-order valence-corrected chi connectivity index (χ4v) is 2.55. The summed E-state index contributed by atoms with van der Waals surface area (Å²) in [5.74, 6) is 0. The molecule has 18 heavy (non-hydrogen) atoms. The standard InChI is InChI=1S/C15H26O2Si/c1-15(2,3)18(4,5)17-12-11-14(16)13-9-7-6-8-10-13/h6-10,14,16H,11-12H2,1-5H3. The lowest BCUT2D eigenvalue weighted by atomic mass is 10.1. The maximum Gasteiger partial charge on any atom is 0.191 e. The van der Waals surface area contributed by atoms with Gasteiger partial charge in [0.2, 0.25) is 0 Å². The van der Waals surface area contributed by atoms with Gasteiger partial charge in [0.1, 0.15) is 0 Å². The van der Waals surface area contributed by atoms with E-state index in [0.29, 0.717) is 13.0 Å². The van der Waals surface area contributed by atoms with E-state index in [1.807, 2.05) is 30.3 Å². The molecule has 3 heteroatoms. The molecule has 0 fully saturated rings. The first-order valence-electron chi connectivity index (χ1n) is 6.61. The average Bonchev–Trinajstić information content (AvgIpc) is 2.28. The zero-order valence-electron chi connectivity index (χ0n) is 12.2. The maximum absolute atomic E-state index is 10.1. The van der Waals surface area contributed by atoms with E-state index in [1.165, 1.54) is 0 Å². The molecule has 2 nitrogen and oxygen atoms in total. The Morgan fingerprint density at radius 2 is 1.72 bits per heavy atom. The van der Waals surface area contributed by atoms with Gasteiger partial charge in [0, 0.05) is 6.61 Å². The topological polar surface area (TPSA) is 29.5 Å². The van der Waals surface area contributed by atoms with Crippen molar-refractivity contribution in [2.45, 2.75) is 51.4 Å². The summed E-state index contributed by atoms with van der Waals surface area (Å²) in [5.41, 5.74) is 0.969. The molecule has 0 aliphatic heterocycles. The van der Waals surface area contributed by atoms with Gasteiger partial charge in [-0.3, -0.25) is 0 Å². The van der Waals surface area contributed by atoms with Crippen LogP contribution in [0, 0.1) is 0 Å². The molecule has 1 N–H and O–H groups in total. The van der Waals surface area contributed by atoms with Gasteiger partial charge in [-0.25, -0.2) is 0 Å². The van der Waals surface area contributed by atoms with E-state index in [9.17, 15) is 5.11 Å². The van der Waals surface area contributed by atoms with Crippen LogP contribution < -0.4 is 0 Å². The van der Waals surface area contributed by atoms with Gasteiger partial charge in [-0.2, -0.15) is 0 Å². The van der Waals surface area contributed by atoms with Gasteiger partial charge in [0.25, 0.3) is 0 Å². The molecule has 0 saturated carbocycles. The SMILES string of the molecule is CC(C)(C)[Si](C)(C)OCCC(O)c1ccccc1. The molecule has 102 valence electrons. The second-order valence-corrected chi connectivity index (χ2v) is 11.1. The predicted molar refractivity (Wildman–Crippen MR) is 79.2 cm³/mol. The summed E-state index contributed by atoms with van der Waals surface area (Å²) in [6, 6.07) is 9.77. The van der Waals surface area contributed by atoms with Gasteiger partial charge in [-0.15, -0.1) is 0 Å². The number of rotatable bonds is 5. The Kier molecular flexibility index (Phi) is 5.14. The second-order valence-electron chi connectivity index (χ2n) is 6.32. The Hall–Kier alpha value is -0.643. The smallest absolute Gasteiger partial charge is 0.191 e. The highest BCUT2D eigenvalue weighted by Crippen LogP contribution is 2.36. The van der Waals surface area contributed by atoms with Gasteiger partial charge >= 0.3 is 0 Å². The summed E-state index contributed by atoms with van der Waals surface area (Å²) in [5, 5.41) is 10.3. The van der Waals surface area contributed by atoms with Crippen molar-refractivity contribution < 1.29 is 9.53 Å². The van der Waals surface area contributed by atoms with Crippen molar-refractivity contribution in [2.24, 2.45) is 0 Å². The van der Waals surface area contributed by atoms with E-state index in [-0.39, 0.29) is 5.04 Å². The Morgan fingerprint density at radius 3 is 2.22 bits per heavy atom. The second kappa shape index (κ2) is 6.00. The summed E-state index contributed by atoms with van der Waals surface area (Å²) in [6.45, 7) is 11.8. The van der Waals surface area contributed by atoms with Crippen LogP contribution in [0.2, 0.25) is 18.1 Å². The van der Waals surface area contributed by atoms with Crippen molar-refractivity contribution in [1.82, 2.24) is 0 Å². The molecule has 1 aromatic carbocycles. The monoisotopic (exact) mass is 266 g/mol. The highest BCUT2D eigenvalue weighted by Gasteiger charge is 2.36. The predicted octanol–water partition coefficient (Wildman–Crippen LogP) is 4.13. The quantitative estimate of drug-likeness (QED) is 0.812. The molecule has 0 aliphatic carbocycles. The van der Waals surface area contributed by atoms with Crippen molar-refractivity contribution in [3.05, 3.63) is 35.9 Å². The minimum atomic E-state index is -1.68. The molecule has 0 bridgehead atoms. The first kappa shape index (κ1) is 15.4. The molecule has 0 aliphatic rings. The van der Waals surface area contributed by atoms with Crippen molar-refractivity contribution in [3.8, 4) is 0 Å². The number of aliphatic hydroxyl groups is 1. The molecule has 1 aromatic rings. The molecule has 0 saturated heterocycles. The number of hydrogen-bond acceptors (Lipinski definition) is 2.